The van der Waals surface area contributed by atoms with Crippen LogP contribution in [-0.2, 0) is 4.79 Å². The Balaban J connectivity index is 1.72. The van der Waals surface area contributed by atoms with Gasteiger partial charge in [0, 0.05) is 12.1 Å². The maximum absolute atomic E-state index is 13.5. The molecule has 0 spiro atoms. The van der Waals surface area contributed by atoms with Gasteiger partial charge in [0.1, 0.15) is 5.75 Å². The van der Waals surface area contributed by atoms with E-state index in [1.807, 2.05) is 31.2 Å². The van der Waals surface area contributed by atoms with Gasteiger partial charge in [-0.05, 0) is 43.7 Å². The number of amides is 1. The van der Waals surface area contributed by atoms with Gasteiger partial charge in [0.2, 0.25) is 5.91 Å². The Bertz CT molecular complexity index is 1500. The number of hydrogen-bond donors (Lipinski definition) is 1. The molecular formula is C25H22N4O5S. The number of aryl methyl sites for hydroxylation is 1. The van der Waals surface area contributed by atoms with Crippen LogP contribution in [0, 0.1) is 17.0 Å². The maximum atomic E-state index is 13.5. The van der Waals surface area contributed by atoms with Gasteiger partial charge in [-0.25, -0.2) is 4.98 Å². The molecular weight excluding hydrogens is 468 g/mol. The first-order valence-electron chi connectivity index (χ1n) is 10.7. The monoisotopic (exact) mass is 490 g/mol. The van der Waals surface area contributed by atoms with Crippen molar-refractivity contribution >= 4 is 39.9 Å². The van der Waals surface area contributed by atoms with Crippen LogP contribution in [0.15, 0.2) is 76.7 Å². The summed E-state index contributed by atoms with van der Waals surface area (Å²) >= 11 is 1.12. The first-order chi connectivity index (χ1) is 16.8. The summed E-state index contributed by atoms with van der Waals surface area (Å²) in [4.78, 5) is 41.8. The van der Waals surface area contributed by atoms with Crippen LogP contribution >= 0.6 is 11.8 Å². The summed E-state index contributed by atoms with van der Waals surface area (Å²) in [6.45, 7) is 3.57. The number of benzene rings is 3. The molecule has 9 nitrogen and oxygen atoms in total. The lowest BCUT2D eigenvalue weighted by molar-refractivity contribution is -0.384. The zero-order chi connectivity index (χ0) is 25.1. The Kier molecular flexibility index (Phi) is 6.83. The topological polar surface area (TPSA) is 116 Å². The Labute approximate surface area is 204 Å². The fraction of sp³-hybridized carbons (Fsp3) is 0.160. The van der Waals surface area contributed by atoms with Crippen molar-refractivity contribution in [3.05, 3.63) is 92.8 Å². The number of non-ortho nitro benzene ring substituents is 1. The van der Waals surface area contributed by atoms with Gasteiger partial charge in [-0.15, -0.1) is 0 Å². The highest BCUT2D eigenvalue weighted by molar-refractivity contribution is 8.00. The van der Waals surface area contributed by atoms with Crippen molar-refractivity contribution in [2.24, 2.45) is 0 Å². The van der Waals surface area contributed by atoms with Gasteiger partial charge in [-0.3, -0.25) is 24.3 Å². The molecule has 1 aromatic heterocycles. The minimum Gasteiger partial charge on any atom is -0.495 e. The summed E-state index contributed by atoms with van der Waals surface area (Å²) < 4.78 is 6.75. The molecule has 1 N–H and O–H groups in total. The van der Waals surface area contributed by atoms with Crippen molar-refractivity contribution in [2.75, 3.05) is 12.4 Å². The average Bonchev–Trinajstić information content (AvgIpc) is 2.85. The third-order valence-electron chi connectivity index (χ3n) is 5.40. The normalized spacial score (nSPS) is 11.7. The van der Waals surface area contributed by atoms with Gasteiger partial charge in [-0.1, -0.05) is 42.1 Å². The van der Waals surface area contributed by atoms with Crippen LogP contribution in [0.5, 0.6) is 5.75 Å². The third-order valence-corrected chi connectivity index (χ3v) is 6.46. The third kappa shape index (κ3) is 4.87. The van der Waals surface area contributed by atoms with Crippen LogP contribution in [0.25, 0.3) is 16.6 Å². The summed E-state index contributed by atoms with van der Waals surface area (Å²) in [7, 11) is 1.41. The molecule has 0 radical (unpaired) electrons. The van der Waals surface area contributed by atoms with Crippen molar-refractivity contribution in [1.82, 2.24) is 9.55 Å². The second-order valence-corrected chi connectivity index (χ2v) is 9.04. The quantitative estimate of drug-likeness (QED) is 0.172. The fourth-order valence-corrected chi connectivity index (χ4v) is 4.49. The largest absolute Gasteiger partial charge is 0.495 e. The second-order valence-electron chi connectivity index (χ2n) is 7.73. The number of aromatic nitrogens is 2. The van der Waals surface area contributed by atoms with Crippen molar-refractivity contribution in [3.63, 3.8) is 0 Å². The van der Waals surface area contributed by atoms with Gasteiger partial charge >= 0.3 is 0 Å². The number of carbonyl (C=O) groups excluding carboxylic acids is 1. The molecule has 35 heavy (non-hydrogen) atoms. The van der Waals surface area contributed by atoms with Crippen LogP contribution < -0.4 is 15.6 Å². The Morgan fingerprint density at radius 1 is 1.14 bits per heavy atom. The second kappa shape index (κ2) is 9.98. The molecule has 0 aliphatic rings. The molecule has 0 aliphatic carbocycles. The number of fused-ring (bicyclic) bond motifs is 1. The Morgan fingerprint density at radius 2 is 1.86 bits per heavy atom. The van der Waals surface area contributed by atoms with Crippen molar-refractivity contribution in [3.8, 4) is 11.4 Å². The van der Waals surface area contributed by atoms with Crippen molar-refractivity contribution in [2.45, 2.75) is 24.3 Å². The molecule has 4 rings (SSSR count). The number of nitro benzene ring substituents is 1. The van der Waals surface area contributed by atoms with Crippen LogP contribution in [0.1, 0.15) is 12.5 Å². The standard InChI is InChI=1S/C25H22N4O5S/c1-15-8-4-7-11-21(15)28-24(31)18-9-5-6-10-19(18)27-25(28)35-16(2)23(30)26-20-14-17(29(32)33)12-13-22(20)34-3/h4-14,16H,1-3H3,(H,26,30)/t16-/m1/s1. The molecule has 10 heteroatoms. The number of hydrogen-bond acceptors (Lipinski definition) is 7. The minimum atomic E-state index is -0.692. The van der Waals surface area contributed by atoms with Gasteiger partial charge in [0.05, 0.1) is 39.6 Å². The molecule has 4 aromatic rings. The lowest BCUT2D eigenvalue weighted by atomic mass is 10.2. The van der Waals surface area contributed by atoms with Crippen LogP contribution in [0.4, 0.5) is 11.4 Å². The number of nitrogens with one attached hydrogen (secondary N) is 1. The zero-order valence-corrected chi connectivity index (χ0v) is 20.0. The highest BCUT2D eigenvalue weighted by Gasteiger charge is 2.22. The molecule has 0 fully saturated rings. The number of nitrogens with zero attached hydrogens (tertiary/aromatic N) is 3. The number of para-hydroxylation sites is 2. The van der Waals surface area contributed by atoms with E-state index in [4.69, 9.17) is 4.74 Å². The van der Waals surface area contributed by atoms with Crippen LogP contribution in [0.2, 0.25) is 0 Å². The van der Waals surface area contributed by atoms with Gasteiger partial charge < -0.3 is 10.1 Å². The molecule has 0 saturated carbocycles. The molecule has 1 amide bonds. The molecule has 3 aromatic carbocycles. The van der Waals surface area contributed by atoms with Crippen molar-refractivity contribution in [1.29, 1.82) is 0 Å². The highest BCUT2D eigenvalue weighted by Crippen LogP contribution is 2.31. The maximum Gasteiger partial charge on any atom is 0.271 e. The van der Waals surface area contributed by atoms with E-state index < -0.39 is 16.1 Å². The number of methoxy groups -OCH3 is 1. The van der Waals surface area contributed by atoms with E-state index in [0.717, 1.165) is 17.3 Å². The molecule has 0 aliphatic heterocycles. The smallest absolute Gasteiger partial charge is 0.271 e. The number of ether oxygens (including phenoxy) is 1. The highest BCUT2D eigenvalue weighted by atomic mass is 32.2. The summed E-state index contributed by atoms with van der Waals surface area (Å²) in [6.07, 6.45) is 0. The van der Waals surface area contributed by atoms with E-state index in [-0.39, 0.29) is 16.9 Å². The first-order valence-corrected chi connectivity index (χ1v) is 11.6. The average molecular weight is 491 g/mol. The van der Waals surface area contributed by atoms with E-state index in [1.54, 1.807) is 31.2 Å². The van der Waals surface area contributed by atoms with Crippen LogP contribution in [0.3, 0.4) is 0 Å². The molecule has 1 atom stereocenters. The Hall–Kier alpha value is -4.18. The molecule has 0 unspecified atom stereocenters. The number of rotatable bonds is 7. The molecule has 178 valence electrons. The summed E-state index contributed by atoms with van der Waals surface area (Å²) in [5.41, 5.74) is 1.85. The minimum absolute atomic E-state index is 0.175. The first kappa shape index (κ1) is 24.0. The number of thioether (sulfide) groups is 1. The van der Waals surface area contributed by atoms with E-state index in [1.165, 1.54) is 29.9 Å². The fourth-order valence-electron chi connectivity index (χ4n) is 3.57. The summed E-state index contributed by atoms with van der Waals surface area (Å²) in [5, 5.41) is 14.0. The SMILES string of the molecule is COc1ccc([N+](=O)[O-])cc1NC(=O)[C@@H](C)Sc1nc2ccccc2c(=O)n1-c1ccccc1C. The van der Waals surface area contributed by atoms with E-state index >= 15 is 0 Å². The Morgan fingerprint density at radius 3 is 2.57 bits per heavy atom. The van der Waals surface area contributed by atoms with E-state index in [9.17, 15) is 19.7 Å². The van der Waals surface area contributed by atoms with E-state index in [2.05, 4.69) is 10.3 Å². The predicted octanol–water partition coefficient (Wildman–Crippen LogP) is 4.73. The molecule has 0 saturated heterocycles. The summed E-state index contributed by atoms with van der Waals surface area (Å²) in [5.74, 6) is -0.130. The van der Waals surface area contributed by atoms with Gasteiger partial charge in [0.15, 0.2) is 5.16 Å². The molecule has 1 heterocycles. The number of anilines is 1. The predicted molar refractivity (Wildman–Crippen MR) is 136 cm³/mol. The van der Waals surface area contributed by atoms with Gasteiger partial charge in [-0.2, -0.15) is 0 Å². The van der Waals surface area contributed by atoms with E-state index in [0.29, 0.717) is 27.5 Å². The lowest BCUT2D eigenvalue weighted by Crippen LogP contribution is -2.26. The van der Waals surface area contributed by atoms with Crippen LogP contribution in [-0.4, -0.2) is 32.7 Å². The number of carbonyl (C=O) groups is 1. The summed E-state index contributed by atoms with van der Waals surface area (Å²) in [6, 6.07) is 18.5. The van der Waals surface area contributed by atoms with Gasteiger partial charge in [0.25, 0.3) is 11.2 Å². The number of nitro groups is 1. The van der Waals surface area contributed by atoms with Crippen molar-refractivity contribution < 1.29 is 14.5 Å². The molecule has 0 bridgehead atoms. The zero-order valence-electron chi connectivity index (χ0n) is 19.2. The lowest BCUT2D eigenvalue weighted by Gasteiger charge is -2.18.